The molecular formula is C10H23NO. The van der Waals surface area contributed by atoms with Gasteiger partial charge in [-0.1, -0.05) is 13.8 Å². The smallest absolute Gasteiger partial charge is 0.0549 e. The van der Waals surface area contributed by atoms with Crippen molar-refractivity contribution in [1.29, 1.82) is 0 Å². The Morgan fingerprint density at radius 2 is 1.92 bits per heavy atom. The number of hydrogen-bond donors (Lipinski definition) is 1. The van der Waals surface area contributed by atoms with Gasteiger partial charge >= 0.3 is 0 Å². The second-order valence-electron chi connectivity index (χ2n) is 3.77. The molecule has 2 nitrogen and oxygen atoms in total. The Morgan fingerprint density at radius 3 is 2.42 bits per heavy atom. The predicted octanol–water partition coefficient (Wildman–Crippen LogP) is 2.05. The number of ether oxygens (including phenoxy) is 1. The van der Waals surface area contributed by atoms with Crippen molar-refractivity contribution in [3.8, 4) is 0 Å². The first-order valence-corrected chi connectivity index (χ1v) is 4.93. The van der Waals surface area contributed by atoms with Crippen LogP contribution < -0.4 is 5.32 Å². The van der Waals surface area contributed by atoms with Crippen LogP contribution in [0.25, 0.3) is 0 Å². The van der Waals surface area contributed by atoms with E-state index in [4.69, 9.17) is 4.74 Å². The Morgan fingerprint density at radius 1 is 1.25 bits per heavy atom. The standard InChI is InChI=1S/C10H23NO/c1-9(2)8-10(3)12-7-5-6-11-4/h9-11H,5-8H2,1-4H3. The SMILES string of the molecule is CNCCCOC(C)CC(C)C. The van der Waals surface area contributed by atoms with Crippen molar-refractivity contribution in [2.24, 2.45) is 5.92 Å². The summed E-state index contributed by atoms with van der Waals surface area (Å²) in [5.74, 6) is 0.740. The molecule has 0 aliphatic heterocycles. The second kappa shape index (κ2) is 7.56. The number of rotatable bonds is 7. The number of nitrogens with one attached hydrogen (secondary N) is 1. The molecule has 2 heteroatoms. The molecule has 1 unspecified atom stereocenters. The van der Waals surface area contributed by atoms with Gasteiger partial charge in [0.15, 0.2) is 0 Å². The molecule has 0 bridgehead atoms. The van der Waals surface area contributed by atoms with Gasteiger partial charge in [0, 0.05) is 6.61 Å². The summed E-state index contributed by atoms with van der Waals surface area (Å²) in [5, 5.41) is 3.10. The molecular weight excluding hydrogens is 150 g/mol. The minimum Gasteiger partial charge on any atom is -0.378 e. The van der Waals surface area contributed by atoms with Crippen molar-refractivity contribution < 1.29 is 4.74 Å². The van der Waals surface area contributed by atoms with Gasteiger partial charge in [0.1, 0.15) is 0 Å². The van der Waals surface area contributed by atoms with Crippen molar-refractivity contribution in [1.82, 2.24) is 5.32 Å². The Hall–Kier alpha value is -0.0800. The Bertz CT molecular complexity index is 93.8. The van der Waals surface area contributed by atoms with Crippen LogP contribution in [0.2, 0.25) is 0 Å². The van der Waals surface area contributed by atoms with Crippen molar-refractivity contribution in [2.45, 2.75) is 39.7 Å². The third kappa shape index (κ3) is 8.02. The summed E-state index contributed by atoms with van der Waals surface area (Å²) >= 11 is 0. The maximum absolute atomic E-state index is 5.61. The molecule has 0 aromatic carbocycles. The van der Waals surface area contributed by atoms with E-state index in [1.165, 1.54) is 6.42 Å². The van der Waals surface area contributed by atoms with Crippen LogP contribution in [0.15, 0.2) is 0 Å². The lowest BCUT2D eigenvalue weighted by atomic mass is 10.1. The topological polar surface area (TPSA) is 21.3 Å². The summed E-state index contributed by atoms with van der Waals surface area (Å²) < 4.78 is 5.61. The highest BCUT2D eigenvalue weighted by molar-refractivity contribution is 4.54. The predicted molar refractivity (Wildman–Crippen MR) is 53.4 cm³/mol. The first-order valence-electron chi connectivity index (χ1n) is 4.93. The van der Waals surface area contributed by atoms with Gasteiger partial charge < -0.3 is 10.1 Å². The quantitative estimate of drug-likeness (QED) is 0.595. The highest BCUT2D eigenvalue weighted by Gasteiger charge is 2.03. The van der Waals surface area contributed by atoms with Crippen molar-refractivity contribution in [3.63, 3.8) is 0 Å². The fourth-order valence-electron chi connectivity index (χ4n) is 1.27. The molecule has 0 saturated carbocycles. The van der Waals surface area contributed by atoms with Crippen molar-refractivity contribution >= 4 is 0 Å². The maximum Gasteiger partial charge on any atom is 0.0549 e. The van der Waals surface area contributed by atoms with E-state index in [1.54, 1.807) is 0 Å². The Labute approximate surface area is 76.7 Å². The molecule has 0 aliphatic rings. The molecule has 1 N–H and O–H groups in total. The van der Waals surface area contributed by atoms with E-state index in [9.17, 15) is 0 Å². The summed E-state index contributed by atoms with van der Waals surface area (Å²) in [5.41, 5.74) is 0. The highest BCUT2D eigenvalue weighted by atomic mass is 16.5. The summed E-state index contributed by atoms with van der Waals surface area (Å²) in [4.78, 5) is 0. The fourth-order valence-corrected chi connectivity index (χ4v) is 1.27. The molecule has 1 atom stereocenters. The van der Waals surface area contributed by atoms with E-state index >= 15 is 0 Å². The highest BCUT2D eigenvalue weighted by Crippen LogP contribution is 2.07. The summed E-state index contributed by atoms with van der Waals surface area (Å²) in [6.07, 6.45) is 2.69. The molecule has 0 saturated heterocycles. The van der Waals surface area contributed by atoms with E-state index in [0.29, 0.717) is 6.10 Å². The van der Waals surface area contributed by atoms with E-state index in [0.717, 1.165) is 25.5 Å². The first-order chi connectivity index (χ1) is 5.66. The van der Waals surface area contributed by atoms with Crippen LogP contribution in [0.4, 0.5) is 0 Å². The van der Waals surface area contributed by atoms with Crippen LogP contribution in [0.3, 0.4) is 0 Å². The van der Waals surface area contributed by atoms with Gasteiger partial charge in [0.2, 0.25) is 0 Å². The van der Waals surface area contributed by atoms with E-state index in [-0.39, 0.29) is 0 Å². The van der Waals surface area contributed by atoms with Crippen LogP contribution in [0.5, 0.6) is 0 Å². The first kappa shape index (κ1) is 11.9. The van der Waals surface area contributed by atoms with Gasteiger partial charge in [-0.25, -0.2) is 0 Å². The van der Waals surface area contributed by atoms with Crippen molar-refractivity contribution in [3.05, 3.63) is 0 Å². The Kier molecular flexibility index (Phi) is 7.51. The normalized spacial score (nSPS) is 13.8. The summed E-state index contributed by atoms with van der Waals surface area (Å²) in [6.45, 7) is 8.55. The largest absolute Gasteiger partial charge is 0.378 e. The fraction of sp³-hybridized carbons (Fsp3) is 1.00. The van der Waals surface area contributed by atoms with Gasteiger partial charge in [-0.15, -0.1) is 0 Å². The van der Waals surface area contributed by atoms with Gasteiger partial charge in [0.05, 0.1) is 6.10 Å². The van der Waals surface area contributed by atoms with E-state index in [1.807, 2.05) is 7.05 Å². The molecule has 0 aromatic heterocycles. The zero-order valence-electron chi connectivity index (χ0n) is 8.89. The van der Waals surface area contributed by atoms with Gasteiger partial charge in [-0.2, -0.15) is 0 Å². The molecule has 0 radical (unpaired) electrons. The average Bonchev–Trinajstić information content (AvgIpc) is 1.97. The summed E-state index contributed by atoms with van der Waals surface area (Å²) in [7, 11) is 1.97. The van der Waals surface area contributed by atoms with Crippen LogP contribution in [0, 0.1) is 5.92 Å². The zero-order chi connectivity index (χ0) is 9.40. The molecule has 0 heterocycles. The molecule has 0 rings (SSSR count). The molecule has 0 amide bonds. The minimum atomic E-state index is 0.418. The lowest BCUT2D eigenvalue weighted by molar-refractivity contribution is 0.0508. The van der Waals surface area contributed by atoms with Crippen molar-refractivity contribution in [2.75, 3.05) is 20.2 Å². The minimum absolute atomic E-state index is 0.418. The lowest BCUT2D eigenvalue weighted by Crippen LogP contribution is -2.15. The third-order valence-electron chi connectivity index (χ3n) is 1.78. The van der Waals surface area contributed by atoms with Crippen LogP contribution in [-0.4, -0.2) is 26.3 Å². The molecule has 0 aromatic rings. The van der Waals surface area contributed by atoms with Crippen LogP contribution in [-0.2, 0) is 4.74 Å². The molecule has 12 heavy (non-hydrogen) atoms. The second-order valence-corrected chi connectivity index (χ2v) is 3.77. The maximum atomic E-state index is 5.61. The average molecular weight is 173 g/mol. The van der Waals surface area contributed by atoms with E-state index < -0.39 is 0 Å². The monoisotopic (exact) mass is 173 g/mol. The molecule has 0 fully saturated rings. The molecule has 0 spiro atoms. The van der Waals surface area contributed by atoms with Gasteiger partial charge in [0.25, 0.3) is 0 Å². The van der Waals surface area contributed by atoms with Gasteiger partial charge in [-0.3, -0.25) is 0 Å². The Balaban J connectivity index is 3.14. The molecule has 74 valence electrons. The van der Waals surface area contributed by atoms with Crippen LogP contribution >= 0.6 is 0 Å². The zero-order valence-corrected chi connectivity index (χ0v) is 8.89. The van der Waals surface area contributed by atoms with Crippen LogP contribution in [0.1, 0.15) is 33.6 Å². The van der Waals surface area contributed by atoms with E-state index in [2.05, 4.69) is 26.1 Å². The molecule has 0 aliphatic carbocycles. The summed E-state index contributed by atoms with van der Waals surface area (Å²) in [6, 6.07) is 0. The lowest BCUT2D eigenvalue weighted by Gasteiger charge is -2.14. The number of hydrogen-bond acceptors (Lipinski definition) is 2. The third-order valence-corrected chi connectivity index (χ3v) is 1.78. The van der Waals surface area contributed by atoms with Gasteiger partial charge in [-0.05, 0) is 39.3 Å².